The van der Waals surface area contributed by atoms with Gasteiger partial charge in [0.05, 0.1) is 11.9 Å². The van der Waals surface area contributed by atoms with Crippen LogP contribution in [0.25, 0.3) is 0 Å². The van der Waals surface area contributed by atoms with Crippen LogP contribution in [0.4, 0.5) is 5.69 Å². The second-order valence-corrected chi connectivity index (χ2v) is 5.55. The molecule has 2 aromatic carbocycles. The highest BCUT2D eigenvalue weighted by atomic mass is 16.7. The maximum atomic E-state index is 12.0. The molecule has 1 amide bonds. The molecule has 1 aliphatic heterocycles. The van der Waals surface area contributed by atoms with Crippen LogP contribution in [0.1, 0.15) is 21.5 Å². The molecule has 0 atom stereocenters. The zero-order valence-corrected chi connectivity index (χ0v) is 13.8. The highest BCUT2D eigenvalue weighted by Gasteiger charge is 2.29. The predicted octanol–water partition coefficient (Wildman–Crippen LogP) is 3.22. The number of nitrogens with zero attached hydrogens (tertiary/aromatic N) is 3. The Kier molecular flexibility index (Phi) is 4.67. The van der Waals surface area contributed by atoms with Crippen molar-refractivity contribution in [3.8, 4) is 0 Å². The second-order valence-electron chi connectivity index (χ2n) is 5.55. The number of carbonyl (C=O) groups is 2. The fourth-order valence-electron chi connectivity index (χ4n) is 2.17. The van der Waals surface area contributed by atoms with Gasteiger partial charge in [-0.3, -0.25) is 4.79 Å². The van der Waals surface area contributed by atoms with E-state index in [0.717, 1.165) is 11.1 Å². The molecular formula is C18H16N4O3. The summed E-state index contributed by atoms with van der Waals surface area (Å²) in [6, 6.07) is 14.4. The Morgan fingerprint density at radius 3 is 2.28 bits per heavy atom. The quantitative estimate of drug-likeness (QED) is 0.687. The van der Waals surface area contributed by atoms with E-state index in [0.29, 0.717) is 11.3 Å². The molecule has 2 aromatic rings. The number of hydrazine groups is 1. The topological polar surface area (TPSA) is 83.4 Å². The fraction of sp³-hybridized carbons (Fsp3) is 0.111. The van der Waals surface area contributed by atoms with Gasteiger partial charge in [-0.15, -0.1) is 5.11 Å². The molecule has 0 unspecified atom stereocenters. The lowest BCUT2D eigenvalue weighted by Gasteiger charge is -2.14. The van der Waals surface area contributed by atoms with Crippen LogP contribution < -0.4 is 10.6 Å². The van der Waals surface area contributed by atoms with Gasteiger partial charge in [-0.2, -0.15) is 5.11 Å². The van der Waals surface area contributed by atoms with Gasteiger partial charge in [0.25, 0.3) is 5.91 Å². The number of benzene rings is 2. The highest BCUT2D eigenvalue weighted by molar-refractivity contribution is 5.95. The van der Waals surface area contributed by atoms with E-state index in [1.165, 1.54) is 11.2 Å². The minimum absolute atomic E-state index is 0.129. The van der Waals surface area contributed by atoms with Crippen molar-refractivity contribution in [1.82, 2.24) is 5.59 Å². The number of anilines is 1. The smallest absolute Gasteiger partial charge is 0.345 e. The molecule has 0 spiro atoms. The molecular weight excluding hydrogens is 320 g/mol. The van der Waals surface area contributed by atoms with E-state index in [1.54, 1.807) is 12.1 Å². The number of rotatable bonds is 3. The maximum absolute atomic E-state index is 12.0. The van der Waals surface area contributed by atoms with Gasteiger partial charge in [-0.05, 0) is 38.1 Å². The molecule has 0 saturated carbocycles. The Hall–Kier alpha value is -3.32. The summed E-state index contributed by atoms with van der Waals surface area (Å²) in [6.45, 7) is 3.89. The van der Waals surface area contributed by atoms with Gasteiger partial charge >= 0.3 is 5.97 Å². The summed E-state index contributed by atoms with van der Waals surface area (Å²) in [5.74, 6) is -1.10. The lowest BCUT2D eigenvalue weighted by atomic mass is 10.1. The first-order valence-electron chi connectivity index (χ1n) is 7.60. The lowest BCUT2D eigenvalue weighted by molar-refractivity contribution is -0.140. The van der Waals surface area contributed by atoms with Gasteiger partial charge in [0, 0.05) is 5.56 Å². The largest absolute Gasteiger partial charge is 0.378 e. The van der Waals surface area contributed by atoms with Gasteiger partial charge in [0.2, 0.25) is 0 Å². The zero-order valence-electron chi connectivity index (χ0n) is 13.8. The molecule has 7 nitrogen and oxygen atoms in total. The van der Waals surface area contributed by atoms with Crippen LogP contribution in [0.5, 0.6) is 0 Å². The van der Waals surface area contributed by atoms with Gasteiger partial charge < -0.3 is 4.84 Å². The predicted molar refractivity (Wildman–Crippen MR) is 91.3 cm³/mol. The fourth-order valence-corrected chi connectivity index (χ4v) is 2.17. The summed E-state index contributed by atoms with van der Waals surface area (Å²) >= 11 is 0. The standard InChI is InChI=1S/C18H16N4O3/c1-12-3-7-14(8-4-12)17(23)20-19-11-16-18(24)25-21-22(16)15-9-5-13(2)6-10-15/h3-11,21H,1-2H3/b16-11+,20-19?. The summed E-state index contributed by atoms with van der Waals surface area (Å²) in [6.07, 6.45) is 1.19. The lowest BCUT2D eigenvalue weighted by Crippen LogP contribution is -2.28. The molecule has 1 heterocycles. The Morgan fingerprint density at radius 1 is 1.04 bits per heavy atom. The van der Waals surface area contributed by atoms with E-state index >= 15 is 0 Å². The minimum Gasteiger partial charge on any atom is -0.345 e. The first kappa shape index (κ1) is 16.5. The van der Waals surface area contributed by atoms with Crippen molar-refractivity contribution >= 4 is 17.6 Å². The molecule has 3 rings (SSSR count). The molecule has 1 fully saturated rings. The third-order valence-electron chi connectivity index (χ3n) is 3.60. The summed E-state index contributed by atoms with van der Waals surface area (Å²) in [7, 11) is 0. The molecule has 0 aromatic heterocycles. The van der Waals surface area contributed by atoms with E-state index in [-0.39, 0.29) is 5.70 Å². The van der Waals surface area contributed by atoms with Crippen molar-refractivity contribution in [2.75, 3.05) is 5.01 Å². The number of aryl methyl sites for hydroxylation is 2. The number of nitrogens with one attached hydrogen (secondary N) is 1. The van der Waals surface area contributed by atoms with Gasteiger partial charge in [0.15, 0.2) is 5.70 Å². The van der Waals surface area contributed by atoms with Crippen LogP contribution in [0.15, 0.2) is 70.7 Å². The van der Waals surface area contributed by atoms with Crippen LogP contribution in [-0.4, -0.2) is 11.9 Å². The summed E-state index contributed by atoms with van der Waals surface area (Å²) < 4.78 is 0. The second kappa shape index (κ2) is 7.06. The highest BCUT2D eigenvalue weighted by Crippen LogP contribution is 2.22. The van der Waals surface area contributed by atoms with E-state index in [9.17, 15) is 9.59 Å². The summed E-state index contributed by atoms with van der Waals surface area (Å²) in [5.41, 5.74) is 5.88. The van der Waals surface area contributed by atoms with Crippen LogP contribution >= 0.6 is 0 Å². The Balaban J connectivity index is 1.78. The first-order valence-corrected chi connectivity index (χ1v) is 7.60. The number of hydrogen-bond acceptors (Lipinski definition) is 6. The average Bonchev–Trinajstić information content (AvgIpc) is 2.97. The van der Waals surface area contributed by atoms with E-state index in [4.69, 9.17) is 4.84 Å². The SMILES string of the molecule is Cc1ccc(C(=O)N=N/C=C2\C(=O)ONN2c2ccc(C)cc2)cc1. The molecule has 1 aliphatic rings. The number of azo groups is 1. The number of hydrogen-bond donors (Lipinski definition) is 1. The van der Waals surface area contributed by atoms with Crippen molar-refractivity contribution in [2.45, 2.75) is 13.8 Å². The summed E-state index contributed by atoms with van der Waals surface area (Å²) in [4.78, 5) is 28.6. The Labute approximate surface area is 144 Å². The van der Waals surface area contributed by atoms with Crippen LogP contribution in [0, 0.1) is 13.8 Å². The van der Waals surface area contributed by atoms with Crippen molar-refractivity contribution in [3.05, 3.63) is 77.1 Å². The van der Waals surface area contributed by atoms with Crippen molar-refractivity contribution in [2.24, 2.45) is 10.2 Å². The molecule has 25 heavy (non-hydrogen) atoms. The molecule has 126 valence electrons. The van der Waals surface area contributed by atoms with Crippen LogP contribution in [-0.2, 0) is 9.63 Å². The van der Waals surface area contributed by atoms with Crippen LogP contribution in [0.3, 0.4) is 0 Å². The third-order valence-corrected chi connectivity index (χ3v) is 3.60. The molecule has 0 bridgehead atoms. The third kappa shape index (κ3) is 3.78. The summed E-state index contributed by atoms with van der Waals surface area (Å²) in [5, 5.41) is 8.77. The average molecular weight is 336 g/mol. The minimum atomic E-state index is -0.609. The molecule has 0 radical (unpaired) electrons. The normalized spacial score (nSPS) is 15.8. The molecule has 1 N–H and O–H groups in total. The monoisotopic (exact) mass is 336 g/mol. The van der Waals surface area contributed by atoms with Crippen molar-refractivity contribution in [1.29, 1.82) is 0 Å². The van der Waals surface area contributed by atoms with Crippen molar-refractivity contribution in [3.63, 3.8) is 0 Å². The van der Waals surface area contributed by atoms with E-state index in [2.05, 4.69) is 15.8 Å². The Bertz CT molecular complexity index is 855. The zero-order chi connectivity index (χ0) is 17.8. The first-order chi connectivity index (χ1) is 12.0. The van der Waals surface area contributed by atoms with Gasteiger partial charge in [-0.25, -0.2) is 9.80 Å². The maximum Gasteiger partial charge on any atom is 0.378 e. The molecule has 0 aliphatic carbocycles. The molecule has 7 heteroatoms. The van der Waals surface area contributed by atoms with Crippen LogP contribution in [0.2, 0.25) is 0 Å². The van der Waals surface area contributed by atoms with Gasteiger partial charge in [-0.1, -0.05) is 41.0 Å². The number of amides is 1. The van der Waals surface area contributed by atoms with Gasteiger partial charge in [0.1, 0.15) is 0 Å². The molecule has 1 saturated heterocycles. The van der Waals surface area contributed by atoms with E-state index < -0.39 is 11.9 Å². The van der Waals surface area contributed by atoms with Crippen molar-refractivity contribution < 1.29 is 14.4 Å². The van der Waals surface area contributed by atoms with E-state index in [1.807, 2.05) is 50.2 Å². The number of carbonyl (C=O) groups excluding carboxylic acids is 2. The Morgan fingerprint density at radius 2 is 1.64 bits per heavy atom.